The van der Waals surface area contributed by atoms with E-state index < -0.39 is 18.0 Å². The third-order valence-corrected chi connectivity index (χ3v) is 6.33. The quantitative estimate of drug-likeness (QED) is 0.489. The molecule has 0 radical (unpaired) electrons. The number of alkyl carbamates (subject to hydrolysis) is 1. The van der Waals surface area contributed by atoms with Gasteiger partial charge in [-0.3, -0.25) is 4.79 Å². The average molecular weight is 510 g/mol. The molecule has 0 fully saturated rings. The Morgan fingerprint density at radius 1 is 0.946 bits per heavy atom. The fourth-order valence-electron chi connectivity index (χ4n) is 4.56. The lowest BCUT2D eigenvalue weighted by Gasteiger charge is -2.20. The van der Waals surface area contributed by atoms with E-state index in [-0.39, 0.29) is 23.3 Å². The van der Waals surface area contributed by atoms with Crippen molar-refractivity contribution in [3.05, 3.63) is 81.3 Å². The summed E-state index contributed by atoms with van der Waals surface area (Å²) in [4.78, 5) is 25.7. The van der Waals surface area contributed by atoms with Crippen molar-refractivity contribution in [3.63, 3.8) is 0 Å². The summed E-state index contributed by atoms with van der Waals surface area (Å²) < 4.78 is 41.4. The van der Waals surface area contributed by atoms with Gasteiger partial charge in [-0.25, -0.2) is 9.18 Å². The second-order valence-electron chi connectivity index (χ2n) is 8.36. The third kappa shape index (κ3) is 5.16. The predicted octanol–water partition coefficient (Wildman–Crippen LogP) is 4.80. The van der Waals surface area contributed by atoms with Gasteiger partial charge in [-0.2, -0.15) is 0 Å². The number of hydrogen-bond acceptors (Lipinski definition) is 7. The van der Waals surface area contributed by atoms with Crippen LogP contribution in [-0.2, 0) is 17.8 Å². The zero-order valence-corrected chi connectivity index (χ0v) is 21.1. The summed E-state index contributed by atoms with van der Waals surface area (Å²) >= 11 is 0. The third-order valence-electron chi connectivity index (χ3n) is 6.33. The van der Waals surface area contributed by atoms with Crippen molar-refractivity contribution in [1.29, 1.82) is 0 Å². The molecule has 0 aliphatic heterocycles. The highest BCUT2D eigenvalue weighted by atomic mass is 19.1. The molecule has 3 aromatic carbocycles. The Morgan fingerprint density at radius 3 is 2.35 bits per heavy atom. The molecular formula is C28H28FNO7. The predicted molar refractivity (Wildman–Crippen MR) is 135 cm³/mol. The Labute approximate surface area is 213 Å². The van der Waals surface area contributed by atoms with Gasteiger partial charge < -0.3 is 29.0 Å². The molecule has 0 saturated carbocycles. The first-order chi connectivity index (χ1) is 17.9. The van der Waals surface area contributed by atoms with Gasteiger partial charge in [-0.15, -0.1) is 0 Å². The largest absolute Gasteiger partial charge is 0.493 e. The van der Waals surface area contributed by atoms with Crippen molar-refractivity contribution in [2.24, 2.45) is 0 Å². The molecule has 0 saturated heterocycles. The van der Waals surface area contributed by atoms with Crippen LogP contribution >= 0.6 is 0 Å². The van der Waals surface area contributed by atoms with Crippen molar-refractivity contribution in [1.82, 2.24) is 5.32 Å². The van der Waals surface area contributed by atoms with Crippen LogP contribution in [0.3, 0.4) is 0 Å². The molecule has 0 aromatic heterocycles. The number of hydrogen-bond donors (Lipinski definition) is 1. The summed E-state index contributed by atoms with van der Waals surface area (Å²) in [6.07, 6.45) is 0.228. The summed E-state index contributed by atoms with van der Waals surface area (Å²) in [5.74, 6) is 1.04. The first-order valence-corrected chi connectivity index (χ1v) is 11.6. The maximum absolute atomic E-state index is 14.0. The highest BCUT2D eigenvalue weighted by Gasteiger charge is 2.30. The monoisotopic (exact) mass is 509 g/mol. The minimum absolute atomic E-state index is 0.148. The van der Waals surface area contributed by atoms with E-state index in [1.165, 1.54) is 33.5 Å². The van der Waals surface area contributed by atoms with E-state index in [9.17, 15) is 14.0 Å². The first-order valence-electron chi connectivity index (χ1n) is 11.6. The molecular weight excluding hydrogens is 481 g/mol. The summed E-state index contributed by atoms with van der Waals surface area (Å²) in [6.45, 7) is -0.232. The molecule has 0 spiro atoms. The Hall–Kier alpha value is -4.27. The standard InChI is InChI=1S/C28H28FNO7/c1-33-23-12-10-18-19(14-22(23)31)21(30-28(32)37-15-17-7-5-6-8-20(17)29)11-9-16-13-24(34-2)26(35-3)27(36-4)25(16)18/h5-8,10,12-14,21H,9,11,15H2,1-4H3,(H,30,32). The Balaban J connectivity index is 1.79. The molecule has 37 heavy (non-hydrogen) atoms. The average Bonchev–Trinajstić information content (AvgIpc) is 3.15. The Bertz CT molecular complexity index is 1380. The maximum atomic E-state index is 14.0. The minimum Gasteiger partial charge on any atom is -0.493 e. The number of benzene rings is 2. The number of rotatable bonds is 7. The number of carbonyl (C=O) groups excluding carboxylic acids is 1. The zero-order valence-electron chi connectivity index (χ0n) is 21.1. The molecule has 1 aliphatic rings. The van der Waals surface area contributed by atoms with Crippen LogP contribution in [0.5, 0.6) is 23.0 Å². The van der Waals surface area contributed by atoms with Gasteiger partial charge in [0.15, 0.2) is 17.2 Å². The zero-order chi connectivity index (χ0) is 26.5. The molecule has 9 heteroatoms. The summed E-state index contributed by atoms with van der Waals surface area (Å²) in [7, 11) is 6.00. The van der Waals surface area contributed by atoms with Gasteiger partial charge in [-0.1, -0.05) is 24.3 Å². The molecule has 8 nitrogen and oxygen atoms in total. The fourth-order valence-corrected chi connectivity index (χ4v) is 4.56. The molecule has 0 heterocycles. The van der Waals surface area contributed by atoms with Gasteiger partial charge in [0.2, 0.25) is 11.2 Å². The number of nitrogens with one attached hydrogen (secondary N) is 1. The summed E-state index contributed by atoms with van der Waals surface area (Å²) in [6, 6.07) is 12.1. The van der Waals surface area contributed by atoms with E-state index in [2.05, 4.69) is 5.32 Å². The van der Waals surface area contributed by atoms with Crippen LogP contribution in [0.2, 0.25) is 0 Å². The first kappa shape index (κ1) is 25.8. The number of amides is 1. The molecule has 1 aliphatic carbocycles. The van der Waals surface area contributed by atoms with E-state index >= 15 is 0 Å². The van der Waals surface area contributed by atoms with Gasteiger partial charge >= 0.3 is 6.09 Å². The highest BCUT2D eigenvalue weighted by molar-refractivity contribution is 5.83. The smallest absolute Gasteiger partial charge is 0.407 e. The molecule has 1 N–H and O–H groups in total. The summed E-state index contributed by atoms with van der Waals surface area (Å²) in [5.41, 5.74) is 2.73. The minimum atomic E-state index is -0.738. The van der Waals surface area contributed by atoms with E-state index in [4.69, 9.17) is 23.7 Å². The van der Waals surface area contributed by atoms with E-state index in [0.717, 1.165) is 11.1 Å². The molecule has 194 valence electrons. The molecule has 4 rings (SSSR count). The van der Waals surface area contributed by atoms with Crippen LogP contribution in [-0.4, -0.2) is 34.5 Å². The van der Waals surface area contributed by atoms with Crippen LogP contribution in [0.4, 0.5) is 9.18 Å². The molecule has 0 bridgehead atoms. The van der Waals surface area contributed by atoms with Gasteiger partial charge in [0, 0.05) is 11.1 Å². The molecule has 1 atom stereocenters. The van der Waals surface area contributed by atoms with Gasteiger partial charge in [0.25, 0.3) is 0 Å². The maximum Gasteiger partial charge on any atom is 0.407 e. The number of halogens is 1. The lowest BCUT2D eigenvalue weighted by atomic mass is 9.95. The Kier molecular flexibility index (Phi) is 7.81. The lowest BCUT2D eigenvalue weighted by molar-refractivity contribution is 0.134. The van der Waals surface area contributed by atoms with Crippen LogP contribution in [0, 0.1) is 5.82 Å². The van der Waals surface area contributed by atoms with E-state index in [1.54, 1.807) is 37.4 Å². The van der Waals surface area contributed by atoms with Gasteiger partial charge in [-0.05, 0) is 53.8 Å². The van der Waals surface area contributed by atoms with Crippen LogP contribution in [0.25, 0.3) is 11.1 Å². The van der Waals surface area contributed by atoms with E-state index in [1.807, 2.05) is 6.07 Å². The van der Waals surface area contributed by atoms with Gasteiger partial charge in [0.05, 0.1) is 34.5 Å². The second kappa shape index (κ2) is 11.2. The fraction of sp³-hybridized carbons (Fsp3) is 0.286. The van der Waals surface area contributed by atoms with Crippen LogP contribution < -0.4 is 29.7 Å². The van der Waals surface area contributed by atoms with Crippen molar-refractivity contribution < 1.29 is 32.9 Å². The number of methoxy groups -OCH3 is 4. The number of ether oxygens (including phenoxy) is 5. The number of carbonyl (C=O) groups is 1. The summed E-state index contributed by atoms with van der Waals surface area (Å²) in [5, 5.41) is 2.85. The lowest BCUT2D eigenvalue weighted by Crippen LogP contribution is -2.29. The van der Waals surface area contributed by atoms with Crippen molar-refractivity contribution in [2.75, 3.05) is 28.4 Å². The molecule has 1 amide bonds. The normalized spacial score (nSPS) is 13.9. The van der Waals surface area contributed by atoms with Crippen LogP contribution in [0.1, 0.15) is 29.2 Å². The van der Waals surface area contributed by atoms with Crippen LogP contribution in [0.15, 0.2) is 53.3 Å². The Morgan fingerprint density at radius 2 is 1.68 bits per heavy atom. The van der Waals surface area contributed by atoms with Crippen molar-refractivity contribution in [2.45, 2.75) is 25.5 Å². The number of aryl methyl sites for hydroxylation is 1. The van der Waals surface area contributed by atoms with Crippen molar-refractivity contribution in [3.8, 4) is 34.1 Å². The number of fused-ring (bicyclic) bond motifs is 3. The topological polar surface area (TPSA) is 92.3 Å². The molecule has 1 unspecified atom stereocenters. The van der Waals surface area contributed by atoms with Gasteiger partial charge in [0.1, 0.15) is 12.4 Å². The van der Waals surface area contributed by atoms with E-state index in [0.29, 0.717) is 41.2 Å². The SMILES string of the molecule is COc1cc2c(c(OC)c1OC)-c1ccc(OC)c(=O)cc1C(NC(=O)OCc1ccccc1F)CC2. The highest BCUT2D eigenvalue weighted by Crippen LogP contribution is 2.50. The molecule has 3 aromatic rings. The van der Waals surface area contributed by atoms with Crippen molar-refractivity contribution >= 4 is 6.09 Å². The second-order valence-corrected chi connectivity index (χ2v) is 8.36.